The van der Waals surface area contributed by atoms with Crippen LogP contribution in [0.2, 0.25) is 0 Å². The number of nitrogens with zero attached hydrogens (tertiary/aromatic N) is 3. The third-order valence-electron chi connectivity index (χ3n) is 6.51. The zero-order valence-corrected chi connectivity index (χ0v) is 18.6. The fourth-order valence-corrected chi connectivity index (χ4v) is 4.53. The van der Waals surface area contributed by atoms with E-state index in [4.69, 9.17) is 0 Å². The summed E-state index contributed by atoms with van der Waals surface area (Å²) in [6, 6.07) is 10.3. The molecule has 0 aromatic heterocycles. The maximum absolute atomic E-state index is 13.3. The lowest BCUT2D eigenvalue weighted by Crippen LogP contribution is -2.43. The van der Waals surface area contributed by atoms with Gasteiger partial charge in [0.15, 0.2) is 0 Å². The number of aryl methyl sites for hydroxylation is 1. The van der Waals surface area contributed by atoms with E-state index in [1.165, 1.54) is 16.7 Å². The van der Waals surface area contributed by atoms with Crippen LogP contribution in [0.4, 0.5) is 0 Å². The van der Waals surface area contributed by atoms with E-state index in [9.17, 15) is 9.90 Å². The summed E-state index contributed by atoms with van der Waals surface area (Å²) >= 11 is 0. The number of likely N-dealkylation sites (N-methyl/N-ethyl adjacent to an activating group) is 1. The molecule has 2 aliphatic rings. The van der Waals surface area contributed by atoms with E-state index in [0.717, 1.165) is 43.9 Å². The molecule has 0 radical (unpaired) electrons. The molecule has 2 heterocycles. The van der Waals surface area contributed by atoms with Crippen molar-refractivity contribution in [1.29, 1.82) is 0 Å². The average molecular weight is 408 g/mol. The Hall–Kier alpha value is -2.37. The highest BCUT2D eigenvalue weighted by atomic mass is 16.3. The highest BCUT2D eigenvalue weighted by Gasteiger charge is 2.27. The predicted molar refractivity (Wildman–Crippen MR) is 120 cm³/mol. The van der Waals surface area contributed by atoms with Gasteiger partial charge in [-0.25, -0.2) is 0 Å². The second kappa shape index (κ2) is 8.40. The average Bonchev–Trinajstić information content (AvgIpc) is 3.12. The third-order valence-corrected chi connectivity index (χ3v) is 6.51. The maximum atomic E-state index is 13.3. The number of amides is 1. The Morgan fingerprint density at radius 2 is 1.73 bits per heavy atom. The van der Waals surface area contributed by atoms with Gasteiger partial charge in [-0.1, -0.05) is 32.0 Å². The van der Waals surface area contributed by atoms with Crippen molar-refractivity contribution in [2.24, 2.45) is 0 Å². The summed E-state index contributed by atoms with van der Waals surface area (Å²) in [5.74, 6) is 0.494. The Balaban J connectivity index is 1.48. The molecule has 2 aliphatic heterocycles. The predicted octanol–water partition coefficient (Wildman–Crippen LogP) is 3.73. The van der Waals surface area contributed by atoms with Crippen LogP contribution >= 0.6 is 0 Å². The van der Waals surface area contributed by atoms with Crippen molar-refractivity contribution in [3.63, 3.8) is 0 Å². The second-order valence-electron chi connectivity index (χ2n) is 9.22. The van der Waals surface area contributed by atoms with E-state index in [2.05, 4.69) is 35.0 Å². The molecule has 1 fully saturated rings. The molecule has 0 spiro atoms. The topological polar surface area (TPSA) is 47.0 Å². The van der Waals surface area contributed by atoms with Gasteiger partial charge in [-0.05, 0) is 59.8 Å². The van der Waals surface area contributed by atoms with Gasteiger partial charge in [0.2, 0.25) is 0 Å². The molecule has 0 unspecified atom stereocenters. The van der Waals surface area contributed by atoms with Crippen LogP contribution in [-0.4, -0.2) is 58.9 Å². The number of piperazine rings is 1. The summed E-state index contributed by atoms with van der Waals surface area (Å²) in [7, 11) is 2.18. The molecule has 1 N–H and O–H groups in total. The van der Waals surface area contributed by atoms with Crippen molar-refractivity contribution in [2.75, 3.05) is 33.2 Å². The molecule has 30 heavy (non-hydrogen) atoms. The number of phenolic OH excluding ortho intramolecular Hbond substituents is 1. The van der Waals surface area contributed by atoms with Crippen LogP contribution in [0.3, 0.4) is 0 Å². The first-order valence-corrected chi connectivity index (χ1v) is 11.0. The quantitative estimate of drug-likeness (QED) is 0.839. The van der Waals surface area contributed by atoms with Crippen molar-refractivity contribution in [1.82, 2.24) is 14.7 Å². The van der Waals surface area contributed by atoms with Crippen LogP contribution in [0.15, 0.2) is 30.3 Å². The van der Waals surface area contributed by atoms with Gasteiger partial charge in [0.1, 0.15) is 5.75 Å². The summed E-state index contributed by atoms with van der Waals surface area (Å²) in [4.78, 5) is 20.1. The molecule has 1 amide bonds. The largest absolute Gasteiger partial charge is 0.508 e. The normalized spacial score (nSPS) is 17.6. The van der Waals surface area contributed by atoms with Gasteiger partial charge in [0, 0.05) is 51.4 Å². The monoisotopic (exact) mass is 407 g/mol. The Bertz CT molecular complexity index is 946. The van der Waals surface area contributed by atoms with Crippen molar-refractivity contribution in [3.05, 3.63) is 63.7 Å². The molecule has 0 saturated carbocycles. The molecular weight excluding hydrogens is 374 g/mol. The maximum Gasteiger partial charge on any atom is 0.254 e. The van der Waals surface area contributed by atoms with Gasteiger partial charge < -0.3 is 14.9 Å². The summed E-state index contributed by atoms with van der Waals surface area (Å²) in [5.41, 5.74) is 6.18. The van der Waals surface area contributed by atoms with Gasteiger partial charge in [0.25, 0.3) is 5.91 Å². The molecule has 0 atom stereocenters. The first kappa shape index (κ1) is 20.9. The van der Waals surface area contributed by atoms with Crippen LogP contribution in [0, 0.1) is 6.92 Å². The smallest absolute Gasteiger partial charge is 0.254 e. The lowest BCUT2D eigenvalue weighted by molar-refractivity contribution is 0.0750. The van der Waals surface area contributed by atoms with E-state index >= 15 is 0 Å². The van der Waals surface area contributed by atoms with E-state index < -0.39 is 0 Å². The first-order valence-electron chi connectivity index (χ1n) is 11.0. The summed E-state index contributed by atoms with van der Waals surface area (Å²) < 4.78 is 0. The molecule has 2 aromatic carbocycles. The Labute approximate surface area is 179 Å². The molecule has 0 bridgehead atoms. The molecular formula is C25H33N3O2. The summed E-state index contributed by atoms with van der Waals surface area (Å²) in [5, 5.41) is 10.2. The number of hydrogen-bond donors (Lipinski definition) is 1. The minimum Gasteiger partial charge on any atom is -0.508 e. The van der Waals surface area contributed by atoms with Gasteiger partial charge in [-0.3, -0.25) is 9.69 Å². The molecule has 0 aliphatic carbocycles. The van der Waals surface area contributed by atoms with Crippen LogP contribution in [0.25, 0.3) is 0 Å². The van der Waals surface area contributed by atoms with Crippen LogP contribution in [0.5, 0.6) is 5.75 Å². The van der Waals surface area contributed by atoms with Crippen LogP contribution in [-0.2, 0) is 19.6 Å². The molecule has 4 rings (SSSR count). The Kier molecular flexibility index (Phi) is 5.85. The van der Waals surface area contributed by atoms with Crippen LogP contribution < -0.4 is 0 Å². The number of rotatable bonds is 4. The zero-order valence-electron chi connectivity index (χ0n) is 18.6. The number of fused-ring (bicyclic) bond motifs is 1. The van der Waals surface area contributed by atoms with Crippen molar-refractivity contribution in [2.45, 2.75) is 46.3 Å². The zero-order chi connectivity index (χ0) is 21.4. The van der Waals surface area contributed by atoms with Crippen molar-refractivity contribution in [3.8, 4) is 5.75 Å². The number of aromatic hydroxyl groups is 1. The Morgan fingerprint density at radius 3 is 2.43 bits per heavy atom. The fraction of sp³-hybridized carbons (Fsp3) is 0.480. The highest BCUT2D eigenvalue weighted by Crippen LogP contribution is 2.31. The standard InChI is InChI=1S/C25H33N3O2/c1-17(2)22-13-23(18(3)11-24(22)29)25(30)28-15-20-6-5-19(12-21(20)16-28)14-27-9-7-26(4)8-10-27/h5-6,11-13,17,29H,7-10,14-16H2,1-4H3. The van der Waals surface area contributed by atoms with Crippen molar-refractivity contribution >= 4 is 5.91 Å². The second-order valence-corrected chi connectivity index (χ2v) is 9.22. The first-order chi connectivity index (χ1) is 14.3. The minimum absolute atomic E-state index is 0.0474. The van der Waals surface area contributed by atoms with E-state index in [0.29, 0.717) is 18.7 Å². The summed E-state index contributed by atoms with van der Waals surface area (Å²) in [6.45, 7) is 12.7. The number of hydrogen-bond acceptors (Lipinski definition) is 4. The van der Waals surface area contributed by atoms with E-state index in [-0.39, 0.29) is 17.6 Å². The SMILES string of the molecule is Cc1cc(O)c(C(C)C)cc1C(=O)N1Cc2ccc(CN3CCN(C)CC3)cc2C1. The third kappa shape index (κ3) is 4.23. The van der Waals surface area contributed by atoms with E-state index in [1.807, 2.05) is 31.7 Å². The lowest BCUT2D eigenvalue weighted by Gasteiger charge is -2.32. The highest BCUT2D eigenvalue weighted by molar-refractivity contribution is 5.96. The minimum atomic E-state index is 0.0474. The molecule has 1 saturated heterocycles. The summed E-state index contributed by atoms with van der Waals surface area (Å²) in [6.07, 6.45) is 0. The number of benzene rings is 2. The molecule has 5 heteroatoms. The Morgan fingerprint density at radius 1 is 1.03 bits per heavy atom. The molecule has 5 nitrogen and oxygen atoms in total. The number of carbonyl (C=O) groups excluding carboxylic acids is 1. The van der Waals surface area contributed by atoms with E-state index in [1.54, 1.807) is 6.07 Å². The number of carbonyl (C=O) groups is 1. The van der Waals surface area contributed by atoms with Gasteiger partial charge >= 0.3 is 0 Å². The van der Waals surface area contributed by atoms with Gasteiger partial charge in [-0.15, -0.1) is 0 Å². The van der Waals surface area contributed by atoms with Crippen molar-refractivity contribution < 1.29 is 9.90 Å². The van der Waals surface area contributed by atoms with Gasteiger partial charge in [0.05, 0.1) is 0 Å². The fourth-order valence-electron chi connectivity index (χ4n) is 4.53. The molecule has 2 aromatic rings. The van der Waals surface area contributed by atoms with Crippen LogP contribution in [0.1, 0.15) is 57.9 Å². The number of phenols is 1. The van der Waals surface area contributed by atoms with Gasteiger partial charge in [-0.2, -0.15) is 0 Å². The lowest BCUT2D eigenvalue weighted by atomic mass is 9.96. The molecule has 160 valence electrons.